The second-order valence-corrected chi connectivity index (χ2v) is 10.4. The molecule has 28 heavy (non-hydrogen) atoms. The average Bonchev–Trinajstić information content (AvgIpc) is 2.64. The molecule has 0 aliphatic carbocycles. The van der Waals surface area contributed by atoms with E-state index in [1.54, 1.807) is 0 Å². The lowest BCUT2D eigenvalue weighted by molar-refractivity contribution is 0.321. The lowest BCUT2D eigenvalue weighted by Gasteiger charge is -2.17. The van der Waals surface area contributed by atoms with Crippen molar-refractivity contribution in [2.45, 2.75) is 20.9 Å². The molecule has 0 spiro atoms. The summed E-state index contributed by atoms with van der Waals surface area (Å²) in [5.41, 5.74) is 0.660. The zero-order valence-electron chi connectivity index (χ0n) is 14.4. The van der Waals surface area contributed by atoms with Gasteiger partial charge in [-0.2, -0.15) is 0 Å². The molecular weight excluding hydrogens is 487 g/mol. The maximum absolute atomic E-state index is 5.97. The van der Waals surface area contributed by atoms with Crippen molar-refractivity contribution in [1.82, 2.24) is 15.0 Å². The Bertz CT molecular complexity index is 969. The number of alkyl halides is 6. The fourth-order valence-corrected chi connectivity index (χ4v) is 3.06. The van der Waals surface area contributed by atoms with Crippen LogP contribution in [0.1, 0.15) is 25.0 Å². The molecular formula is C18H13Cl6N3O. The van der Waals surface area contributed by atoms with E-state index in [-0.39, 0.29) is 17.5 Å². The van der Waals surface area contributed by atoms with Crippen LogP contribution < -0.4 is 4.74 Å². The van der Waals surface area contributed by atoms with Gasteiger partial charge in [-0.15, -0.1) is 0 Å². The first-order valence-electron chi connectivity index (χ1n) is 8.16. The molecule has 0 radical (unpaired) electrons. The van der Waals surface area contributed by atoms with E-state index in [0.717, 1.165) is 22.9 Å². The molecule has 0 N–H and O–H groups in total. The molecule has 0 atom stereocenters. The van der Waals surface area contributed by atoms with Gasteiger partial charge in [-0.1, -0.05) is 101 Å². The first-order chi connectivity index (χ1) is 13.1. The van der Waals surface area contributed by atoms with Gasteiger partial charge in [0.25, 0.3) is 0 Å². The van der Waals surface area contributed by atoms with Crippen LogP contribution in [0.3, 0.4) is 0 Å². The fourth-order valence-electron chi connectivity index (χ4n) is 2.55. The van der Waals surface area contributed by atoms with Crippen LogP contribution in [-0.4, -0.2) is 21.6 Å². The summed E-state index contributed by atoms with van der Waals surface area (Å²) < 4.78 is 2.01. The van der Waals surface area contributed by atoms with E-state index in [4.69, 9.17) is 74.3 Å². The van der Waals surface area contributed by atoms with Crippen LogP contribution >= 0.6 is 69.6 Å². The molecule has 0 aliphatic rings. The topological polar surface area (TPSA) is 47.9 Å². The largest absolute Gasteiger partial charge is 0.493 e. The molecule has 2 aromatic carbocycles. The highest BCUT2D eigenvalue weighted by atomic mass is 35.6. The summed E-state index contributed by atoms with van der Waals surface area (Å²) in [6.45, 7) is 2.64. The van der Waals surface area contributed by atoms with Gasteiger partial charge in [-0.25, -0.2) is 15.0 Å². The molecule has 10 heteroatoms. The second-order valence-electron chi connectivity index (χ2n) is 5.81. The zero-order chi connectivity index (χ0) is 20.5. The summed E-state index contributed by atoms with van der Waals surface area (Å²) in [7, 11) is 0. The minimum absolute atomic E-state index is 0.140. The van der Waals surface area contributed by atoms with Gasteiger partial charge in [-0.05, 0) is 23.9 Å². The Morgan fingerprint density at radius 3 is 1.89 bits per heavy atom. The third-order valence-electron chi connectivity index (χ3n) is 3.73. The first-order valence-corrected chi connectivity index (χ1v) is 10.4. The number of ether oxygens (including phenoxy) is 1. The summed E-state index contributed by atoms with van der Waals surface area (Å²) in [5, 5.41) is 1.73. The summed E-state index contributed by atoms with van der Waals surface area (Å²) in [6.07, 6.45) is 0.892. The van der Waals surface area contributed by atoms with E-state index < -0.39 is 7.59 Å². The van der Waals surface area contributed by atoms with Crippen molar-refractivity contribution in [3.63, 3.8) is 0 Å². The Morgan fingerprint density at radius 2 is 1.36 bits per heavy atom. The number of nitrogens with zero attached hydrogens (tertiary/aromatic N) is 3. The van der Waals surface area contributed by atoms with Gasteiger partial charge < -0.3 is 4.74 Å². The smallest absolute Gasteiger partial charge is 0.250 e. The third-order valence-corrected chi connectivity index (χ3v) is 4.74. The van der Waals surface area contributed by atoms with Gasteiger partial charge in [0.05, 0.1) is 6.61 Å². The van der Waals surface area contributed by atoms with Crippen molar-refractivity contribution in [1.29, 1.82) is 0 Å². The summed E-state index contributed by atoms with van der Waals surface area (Å²) in [6, 6.07) is 11.3. The van der Waals surface area contributed by atoms with E-state index >= 15 is 0 Å². The van der Waals surface area contributed by atoms with Crippen LogP contribution in [0.5, 0.6) is 5.75 Å². The molecule has 0 saturated carbocycles. The maximum atomic E-state index is 5.97. The van der Waals surface area contributed by atoms with Crippen molar-refractivity contribution in [3.05, 3.63) is 48.0 Å². The Balaban J connectivity index is 2.25. The van der Waals surface area contributed by atoms with Crippen LogP contribution in [0.25, 0.3) is 22.2 Å². The standard InChI is InChI=1S/C18H13Cl6N3O/c1-2-9-28-13-8-7-12(10-5-3-4-6-11(10)13)14-25-15(17(19,20)21)27-16(26-14)18(22,23)24/h3-8H,2,9H2,1H3. The van der Waals surface area contributed by atoms with Gasteiger partial charge in [-0.3, -0.25) is 0 Å². The van der Waals surface area contributed by atoms with Crippen LogP contribution in [-0.2, 0) is 7.59 Å². The monoisotopic (exact) mass is 497 g/mol. The minimum atomic E-state index is -1.91. The van der Waals surface area contributed by atoms with Gasteiger partial charge in [0.15, 0.2) is 17.5 Å². The molecule has 4 nitrogen and oxygen atoms in total. The number of rotatable bonds is 4. The summed E-state index contributed by atoms with van der Waals surface area (Å²) in [4.78, 5) is 12.6. The van der Waals surface area contributed by atoms with Crippen LogP contribution in [0.4, 0.5) is 0 Å². The molecule has 0 saturated heterocycles. The van der Waals surface area contributed by atoms with Crippen molar-refractivity contribution >= 4 is 80.4 Å². The number of fused-ring (bicyclic) bond motifs is 1. The SMILES string of the molecule is CCCOc1ccc(-c2nc(C(Cl)(Cl)Cl)nc(C(Cl)(Cl)Cl)n2)c2ccccc12. The Morgan fingerprint density at radius 1 is 0.786 bits per heavy atom. The fraction of sp³-hybridized carbons (Fsp3) is 0.278. The third kappa shape index (κ3) is 4.86. The predicted octanol–water partition coefficient (Wildman–Crippen LogP) is 7.13. The molecule has 3 rings (SSSR count). The number of hydrogen-bond acceptors (Lipinski definition) is 4. The molecule has 0 bridgehead atoms. The number of hydrogen-bond donors (Lipinski definition) is 0. The lowest BCUT2D eigenvalue weighted by atomic mass is 10.0. The second kappa shape index (κ2) is 8.55. The highest BCUT2D eigenvalue weighted by Crippen LogP contribution is 2.41. The molecule has 148 valence electrons. The van der Waals surface area contributed by atoms with Crippen molar-refractivity contribution < 1.29 is 4.74 Å². The van der Waals surface area contributed by atoms with Crippen LogP contribution in [0, 0.1) is 0 Å². The highest BCUT2D eigenvalue weighted by molar-refractivity contribution is 6.67. The normalized spacial score (nSPS) is 12.4. The van der Waals surface area contributed by atoms with Gasteiger partial charge in [0, 0.05) is 10.9 Å². The zero-order valence-corrected chi connectivity index (χ0v) is 18.9. The number of benzene rings is 2. The quantitative estimate of drug-likeness (QED) is 0.358. The van der Waals surface area contributed by atoms with E-state index in [2.05, 4.69) is 15.0 Å². The molecule has 0 aliphatic heterocycles. The Kier molecular flexibility index (Phi) is 6.70. The van der Waals surface area contributed by atoms with E-state index in [0.29, 0.717) is 12.2 Å². The molecule has 0 fully saturated rings. The lowest BCUT2D eigenvalue weighted by Crippen LogP contribution is -2.16. The molecule has 1 heterocycles. The molecule has 0 unspecified atom stereocenters. The Labute approximate surface area is 192 Å². The van der Waals surface area contributed by atoms with Crippen molar-refractivity contribution in [2.24, 2.45) is 0 Å². The summed E-state index contributed by atoms with van der Waals surface area (Å²) >= 11 is 35.8. The van der Waals surface area contributed by atoms with Gasteiger partial charge in [0.2, 0.25) is 7.59 Å². The van der Waals surface area contributed by atoms with E-state index in [1.807, 2.05) is 43.3 Å². The Hall–Kier alpha value is -0.750. The summed E-state index contributed by atoms with van der Waals surface area (Å²) in [5.74, 6) is 0.688. The number of halogens is 6. The first kappa shape index (κ1) is 21.9. The van der Waals surface area contributed by atoms with Crippen molar-refractivity contribution in [3.8, 4) is 17.1 Å². The van der Waals surface area contributed by atoms with E-state index in [9.17, 15) is 0 Å². The van der Waals surface area contributed by atoms with Crippen LogP contribution in [0.2, 0.25) is 0 Å². The average molecular weight is 500 g/mol. The highest BCUT2D eigenvalue weighted by Gasteiger charge is 2.34. The minimum Gasteiger partial charge on any atom is -0.493 e. The number of aromatic nitrogens is 3. The molecule has 1 aromatic heterocycles. The molecule has 0 amide bonds. The predicted molar refractivity (Wildman–Crippen MR) is 117 cm³/mol. The molecule has 3 aromatic rings. The maximum Gasteiger partial charge on any atom is 0.250 e. The van der Waals surface area contributed by atoms with E-state index in [1.165, 1.54) is 0 Å². The van der Waals surface area contributed by atoms with Crippen LogP contribution in [0.15, 0.2) is 36.4 Å². The van der Waals surface area contributed by atoms with Gasteiger partial charge >= 0.3 is 0 Å². The van der Waals surface area contributed by atoms with Gasteiger partial charge in [0.1, 0.15) is 5.75 Å². The van der Waals surface area contributed by atoms with Crippen molar-refractivity contribution in [2.75, 3.05) is 6.61 Å².